The zero-order chi connectivity index (χ0) is 20.1. The maximum atomic E-state index is 13.0. The van der Waals surface area contributed by atoms with Crippen LogP contribution in [0.2, 0.25) is 0 Å². The van der Waals surface area contributed by atoms with Crippen LogP contribution in [-0.2, 0) is 16.6 Å². The average molecular weight is 409 g/mol. The molecule has 0 aliphatic carbocycles. The van der Waals surface area contributed by atoms with Gasteiger partial charge < -0.3 is 4.74 Å². The van der Waals surface area contributed by atoms with Crippen LogP contribution in [0.3, 0.4) is 0 Å². The first-order valence-corrected chi connectivity index (χ1v) is 11.1. The molecule has 0 amide bonds. The van der Waals surface area contributed by atoms with E-state index < -0.39 is 10.0 Å². The second kappa shape index (κ2) is 8.78. The van der Waals surface area contributed by atoms with Gasteiger partial charge in [0.05, 0.1) is 4.90 Å². The van der Waals surface area contributed by atoms with E-state index in [9.17, 15) is 8.42 Å². The molecule has 1 heterocycles. The summed E-state index contributed by atoms with van der Waals surface area (Å²) in [5, 5.41) is 0. The molecule has 150 valence electrons. The highest BCUT2D eigenvalue weighted by atomic mass is 32.2. The Morgan fingerprint density at radius 1 is 0.690 bits per heavy atom. The van der Waals surface area contributed by atoms with Gasteiger partial charge in [0.1, 0.15) is 11.5 Å². The smallest absolute Gasteiger partial charge is 0.243 e. The van der Waals surface area contributed by atoms with Crippen LogP contribution < -0.4 is 4.74 Å². The van der Waals surface area contributed by atoms with Crippen molar-refractivity contribution >= 4 is 10.0 Å². The van der Waals surface area contributed by atoms with Gasteiger partial charge in [-0.3, -0.25) is 4.90 Å². The summed E-state index contributed by atoms with van der Waals surface area (Å²) in [6.45, 7) is 3.29. The van der Waals surface area contributed by atoms with Crippen LogP contribution >= 0.6 is 0 Å². The lowest BCUT2D eigenvalue weighted by Gasteiger charge is -2.34. The molecule has 0 atom stereocenters. The van der Waals surface area contributed by atoms with Gasteiger partial charge >= 0.3 is 0 Å². The van der Waals surface area contributed by atoms with Gasteiger partial charge in [-0.25, -0.2) is 8.42 Å². The van der Waals surface area contributed by atoms with Crippen molar-refractivity contribution in [3.63, 3.8) is 0 Å². The first kappa shape index (κ1) is 19.6. The highest BCUT2D eigenvalue weighted by Gasteiger charge is 2.28. The Morgan fingerprint density at radius 3 is 1.86 bits per heavy atom. The molecule has 0 saturated carbocycles. The van der Waals surface area contributed by atoms with E-state index in [1.165, 1.54) is 5.56 Å². The molecule has 3 aromatic carbocycles. The van der Waals surface area contributed by atoms with Crippen molar-refractivity contribution in [1.29, 1.82) is 0 Å². The molecule has 0 radical (unpaired) electrons. The van der Waals surface area contributed by atoms with Crippen molar-refractivity contribution in [3.05, 3.63) is 90.5 Å². The summed E-state index contributed by atoms with van der Waals surface area (Å²) in [7, 11) is -3.50. The van der Waals surface area contributed by atoms with Crippen LogP contribution in [0, 0.1) is 0 Å². The Morgan fingerprint density at radius 2 is 1.24 bits per heavy atom. The summed E-state index contributed by atoms with van der Waals surface area (Å²) < 4.78 is 33.3. The van der Waals surface area contributed by atoms with Crippen LogP contribution in [-0.4, -0.2) is 43.8 Å². The Kier molecular flexibility index (Phi) is 5.94. The van der Waals surface area contributed by atoms with Crippen LogP contribution in [0.1, 0.15) is 5.56 Å². The molecule has 0 unspecified atom stereocenters. The molecule has 0 N–H and O–H groups in total. The number of benzene rings is 3. The summed E-state index contributed by atoms with van der Waals surface area (Å²) >= 11 is 0. The molecular formula is C23H24N2O3S. The first-order chi connectivity index (χ1) is 14.1. The minimum atomic E-state index is -3.50. The SMILES string of the molecule is O=S(=O)(c1ccc(Oc2ccccc2)cc1)N1CCN(Cc2ccccc2)CC1. The topological polar surface area (TPSA) is 49.9 Å². The molecular weight excluding hydrogens is 384 g/mol. The quantitative estimate of drug-likeness (QED) is 0.619. The molecule has 1 aliphatic heterocycles. The number of piperazine rings is 1. The molecule has 5 nitrogen and oxygen atoms in total. The fourth-order valence-corrected chi connectivity index (χ4v) is 4.85. The van der Waals surface area contributed by atoms with E-state index >= 15 is 0 Å². The van der Waals surface area contributed by atoms with Crippen molar-refractivity contribution in [3.8, 4) is 11.5 Å². The third-order valence-corrected chi connectivity index (χ3v) is 6.93. The van der Waals surface area contributed by atoms with Gasteiger partial charge in [0.25, 0.3) is 0 Å². The number of rotatable bonds is 6. The number of hydrogen-bond donors (Lipinski definition) is 0. The van der Waals surface area contributed by atoms with E-state index in [0.29, 0.717) is 23.7 Å². The van der Waals surface area contributed by atoms with E-state index in [2.05, 4.69) is 17.0 Å². The van der Waals surface area contributed by atoms with Crippen LogP contribution in [0.25, 0.3) is 0 Å². The Bertz CT molecular complexity index is 1010. The Labute approximate surface area is 172 Å². The van der Waals surface area contributed by atoms with Crippen molar-refractivity contribution in [2.75, 3.05) is 26.2 Å². The minimum Gasteiger partial charge on any atom is -0.457 e. The average Bonchev–Trinajstić information content (AvgIpc) is 2.76. The third kappa shape index (κ3) is 4.85. The van der Waals surface area contributed by atoms with Crippen LogP contribution in [0.5, 0.6) is 11.5 Å². The highest BCUT2D eigenvalue weighted by Crippen LogP contribution is 2.24. The lowest BCUT2D eigenvalue weighted by Crippen LogP contribution is -2.48. The summed E-state index contributed by atoms with van der Waals surface area (Å²) in [6, 6.07) is 26.3. The number of nitrogens with zero attached hydrogens (tertiary/aromatic N) is 2. The zero-order valence-electron chi connectivity index (χ0n) is 16.1. The molecule has 4 rings (SSSR count). The number of para-hydroxylation sites is 1. The standard InChI is InChI=1S/C23H24N2O3S/c26-29(27,23-13-11-22(12-14-23)28-21-9-5-2-6-10-21)25-17-15-24(16-18-25)19-20-7-3-1-4-8-20/h1-14H,15-19H2. The second-order valence-corrected chi connectivity index (χ2v) is 8.99. The van der Waals surface area contributed by atoms with Crippen molar-refractivity contribution in [2.45, 2.75) is 11.4 Å². The van der Waals surface area contributed by atoms with Crippen molar-refractivity contribution in [2.24, 2.45) is 0 Å². The van der Waals surface area contributed by atoms with Crippen molar-refractivity contribution < 1.29 is 13.2 Å². The largest absolute Gasteiger partial charge is 0.457 e. The molecule has 29 heavy (non-hydrogen) atoms. The molecule has 1 aliphatic rings. The fraction of sp³-hybridized carbons (Fsp3) is 0.217. The zero-order valence-corrected chi connectivity index (χ0v) is 17.0. The second-order valence-electron chi connectivity index (χ2n) is 7.05. The molecule has 0 spiro atoms. The summed E-state index contributed by atoms with van der Waals surface area (Å²) in [4.78, 5) is 2.59. The summed E-state index contributed by atoms with van der Waals surface area (Å²) in [5.41, 5.74) is 1.25. The van der Waals surface area contributed by atoms with Crippen molar-refractivity contribution in [1.82, 2.24) is 9.21 Å². The predicted molar refractivity (Wildman–Crippen MR) is 113 cm³/mol. The summed E-state index contributed by atoms with van der Waals surface area (Å²) in [5.74, 6) is 1.33. The van der Waals surface area contributed by atoms with Crippen LogP contribution in [0.4, 0.5) is 0 Å². The first-order valence-electron chi connectivity index (χ1n) is 9.71. The van der Waals surface area contributed by atoms with Gasteiger partial charge in [0.2, 0.25) is 10.0 Å². The van der Waals surface area contributed by atoms with Gasteiger partial charge in [0.15, 0.2) is 0 Å². The maximum absolute atomic E-state index is 13.0. The lowest BCUT2D eigenvalue weighted by atomic mass is 10.2. The van der Waals surface area contributed by atoms with E-state index in [1.54, 1.807) is 28.6 Å². The monoisotopic (exact) mass is 408 g/mol. The van der Waals surface area contributed by atoms with Gasteiger partial charge in [-0.1, -0.05) is 48.5 Å². The van der Waals surface area contributed by atoms with Crippen LogP contribution in [0.15, 0.2) is 89.8 Å². The molecule has 1 saturated heterocycles. The lowest BCUT2D eigenvalue weighted by molar-refractivity contribution is 0.181. The number of hydrogen-bond acceptors (Lipinski definition) is 4. The third-order valence-electron chi connectivity index (χ3n) is 5.02. The van der Waals surface area contributed by atoms with E-state index in [0.717, 1.165) is 25.4 Å². The van der Waals surface area contributed by atoms with Gasteiger partial charge in [0, 0.05) is 32.7 Å². The van der Waals surface area contributed by atoms with E-state index in [-0.39, 0.29) is 0 Å². The molecule has 6 heteroatoms. The molecule has 0 aromatic heterocycles. The van der Waals surface area contributed by atoms with Gasteiger partial charge in [-0.2, -0.15) is 4.31 Å². The van der Waals surface area contributed by atoms with Gasteiger partial charge in [-0.05, 0) is 42.0 Å². The number of ether oxygens (including phenoxy) is 1. The fourth-order valence-electron chi connectivity index (χ4n) is 3.42. The number of sulfonamides is 1. The molecule has 3 aromatic rings. The molecule has 1 fully saturated rings. The van der Waals surface area contributed by atoms with Gasteiger partial charge in [-0.15, -0.1) is 0 Å². The summed E-state index contributed by atoms with van der Waals surface area (Å²) in [6.07, 6.45) is 0. The van der Waals surface area contributed by atoms with E-state index in [4.69, 9.17) is 4.74 Å². The highest BCUT2D eigenvalue weighted by molar-refractivity contribution is 7.89. The minimum absolute atomic E-state index is 0.300. The normalized spacial score (nSPS) is 15.9. The van der Waals surface area contributed by atoms with E-state index in [1.807, 2.05) is 48.5 Å². The Balaban J connectivity index is 1.37. The molecule has 0 bridgehead atoms. The maximum Gasteiger partial charge on any atom is 0.243 e. The Hall–Kier alpha value is -2.67. The predicted octanol–water partition coefficient (Wildman–Crippen LogP) is 3.99.